The van der Waals surface area contributed by atoms with E-state index >= 15 is 0 Å². The number of methoxy groups -OCH3 is 1. The zero-order valence-electron chi connectivity index (χ0n) is 17.5. The predicted molar refractivity (Wildman–Crippen MR) is 125 cm³/mol. The van der Waals surface area contributed by atoms with Crippen LogP contribution in [0.2, 0.25) is 5.02 Å². The van der Waals surface area contributed by atoms with E-state index in [2.05, 4.69) is 11.1 Å². The van der Waals surface area contributed by atoms with Crippen molar-refractivity contribution in [3.05, 3.63) is 63.4 Å². The first kappa shape index (κ1) is 21.9. The van der Waals surface area contributed by atoms with Crippen LogP contribution in [0.25, 0.3) is 10.9 Å². The maximum atomic E-state index is 13.3. The zero-order valence-corrected chi connectivity index (χ0v) is 19.1. The van der Waals surface area contributed by atoms with Gasteiger partial charge in [-0.1, -0.05) is 41.6 Å². The van der Waals surface area contributed by atoms with Crippen molar-refractivity contribution in [3.8, 4) is 0 Å². The van der Waals surface area contributed by atoms with Gasteiger partial charge in [0, 0.05) is 24.4 Å². The summed E-state index contributed by atoms with van der Waals surface area (Å²) >= 11 is 7.41. The molecule has 0 saturated carbocycles. The van der Waals surface area contributed by atoms with E-state index in [9.17, 15) is 9.59 Å². The lowest BCUT2D eigenvalue weighted by molar-refractivity contribution is -0.117. The smallest absolute Gasteiger partial charge is 0.262 e. The Morgan fingerprint density at radius 2 is 2.10 bits per heavy atom. The number of amides is 1. The Balaban J connectivity index is 1.67. The summed E-state index contributed by atoms with van der Waals surface area (Å²) < 4.78 is 6.76. The molecule has 0 saturated heterocycles. The molecule has 0 unspecified atom stereocenters. The van der Waals surface area contributed by atoms with Gasteiger partial charge in [0.1, 0.15) is 0 Å². The van der Waals surface area contributed by atoms with Gasteiger partial charge in [0.2, 0.25) is 5.91 Å². The van der Waals surface area contributed by atoms with E-state index in [1.807, 2.05) is 30.0 Å². The molecule has 0 spiro atoms. The van der Waals surface area contributed by atoms with Gasteiger partial charge in [0.05, 0.1) is 29.3 Å². The van der Waals surface area contributed by atoms with Crippen molar-refractivity contribution in [1.82, 2.24) is 9.55 Å². The number of para-hydroxylation sites is 1. The number of aryl methyl sites for hydroxylation is 1. The predicted octanol–water partition coefficient (Wildman–Crippen LogP) is 4.16. The van der Waals surface area contributed by atoms with Crippen LogP contribution in [0.1, 0.15) is 18.9 Å². The molecule has 2 aromatic carbocycles. The second-order valence-electron chi connectivity index (χ2n) is 7.49. The summed E-state index contributed by atoms with van der Waals surface area (Å²) in [5, 5.41) is 1.08. The third-order valence-corrected chi connectivity index (χ3v) is 6.72. The van der Waals surface area contributed by atoms with Crippen molar-refractivity contribution in [2.24, 2.45) is 0 Å². The summed E-state index contributed by atoms with van der Waals surface area (Å²) in [4.78, 5) is 33.0. The van der Waals surface area contributed by atoms with Crippen molar-refractivity contribution in [3.63, 3.8) is 0 Å². The van der Waals surface area contributed by atoms with Crippen LogP contribution in [0.3, 0.4) is 0 Å². The molecular formula is C23H24ClN3O3S. The number of thioether (sulfide) groups is 1. The SMILES string of the molecule is COCCn1c(S[C@H](C)C(=O)N2CCCc3ccccc32)nc2cc(Cl)ccc2c1=O. The number of benzene rings is 2. The Morgan fingerprint density at radius 3 is 2.90 bits per heavy atom. The van der Waals surface area contributed by atoms with Gasteiger partial charge in [-0.3, -0.25) is 14.2 Å². The molecule has 0 fully saturated rings. The highest BCUT2D eigenvalue weighted by atomic mass is 35.5. The fourth-order valence-corrected chi connectivity index (χ4v) is 5.00. The summed E-state index contributed by atoms with van der Waals surface area (Å²) in [6, 6.07) is 13.1. The topological polar surface area (TPSA) is 64.4 Å². The summed E-state index contributed by atoms with van der Waals surface area (Å²) in [6.45, 7) is 3.28. The lowest BCUT2D eigenvalue weighted by Crippen LogP contribution is -2.40. The summed E-state index contributed by atoms with van der Waals surface area (Å²) in [5.41, 5.74) is 2.52. The highest BCUT2D eigenvalue weighted by molar-refractivity contribution is 8.00. The number of hydrogen-bond donors (Lipinski definition) is 0. The summed E-state index contributed by atoms with van der Waals surface area (Å²) in [5.74, 6) is 0.0101. The minimum atomic E-state index is -0.413. The van der Waals surface area contributed by atoms with Crippen molar-refractivity contribution >= 4 is 45.9 Å². The van der Waals surface area contributed by atoms with Gasteiger partial charge >= 0.3 is 0 Å². The molecular weight excluding hydrogens is 434 g/mol. The van der Waals surface area contributed by atoms with Crippen molar-refractivity contribution in [1.29, 1.82) is 0 Å². The number of carbonyl (C=O) groups excluding carboxylic acids is 1. The quantitative estimate of drug-likeness (QED) is 0.411. The second-order valence-corrected chi connectivity index (χ2v) is 9.23. The molecule has 0 aliphatic carbocycles. The van der Waals surface area contributed by atoms with E-state index < -0.39 is 5.25 Å². The molecule has 1 aliphatic rings. The zero-order chi connectivity index (χ0) is 22.0. The van der Waals surface area contributed by atoms with Crippen molar-refractivity contribution in [2.75, 3.05) is 25.2 Å². The monoisotopic (exact) mass is 457 g/mol. The standard InChI is InChI=1S/C23H24ClN3O3S/c1-15(21(28)26-11-5-7-16-6-3-4-8-20(16)26)31-23-25-19-14-17(24)9-10-18(19)22(29)27(23)12-13-30-2/h3-4,6,8-10,14-15H,5,7,11-13H2,1-2H3/t15-/m1/s1. The minimum absolute atomic E-state index is 0.0101. The molecule has 8 heteroatoms. The first-order chi connectivity index (χ1) is 15.0. The lowest BCUT2D eigenvalue weighted by atomic mass is 10.0. The van der Waals surface area contributed by atoms with Crippen LogP contribution < -0.4 is 10.5 Å². The fourth-order valence-electron chi connectivity index (χ4n) is 3.83. The van der Waals surface area contributed by atoms with Crippen LogP contribution in [0.4, 0.5) is 5.69 Å². The molecule has 0 bridgehead atoms. The third kappa shape index (κ3) is 4.49. The summed E-state index contributed by atoms with van der Waals surface area (Å²) in [7, 11) is 1.59. The maximum absolute atomic E-state index is 13.3. The van der Waals surface area contributed by atoms with Crippen LogP contribution in [-0.2, 0) is 22.5 Å². The molecule has 3 aromatic rings. The van der Waals surface area contributed by atoms with E-state index in [-0.39, 0.29) is 11.5 Å². The van der Waals surface area contributed by atoms with Gasteiger partial charge in [0.15, 0.2) is 5.16 Å². The van der Waals surface area contributed by atoms with E-state index in [0.29, 0.717) is 40.8 Å². The number of nitrogens with zero attached hydrogens (tertiary/aromatic N) is 3. The second kappa shape index (κ2) is 9.42. The van der Waals surface area contributed by atoms with Crippen molar-refractivity contribution in [2.45, 2.75) is 36.7 Å². The number of aromatic nitrogens is 2. The number of halogens is 1. The van der Waals surface area contributed by atoms with Crippen LogP contribution in [0, 0.1) is 0 Å². The Labute approximate surface area is 190 Å². The van der Waals surface area contributed by atoms with Gasteiger partial charge in [-0.2, -0.15) is 0 Å². The van der Waals surface area contributed by atoms with E-state index in [1.54, 1.807) is 29.9 Å². The van der Waals surface area contributed by atoms with Crippen LogP contribution >= 0.6 is 23.4 Å². The van der Waals surface area contributed by atoms with Crippen LogP contribution in [0.5, 0.6) is 0 Å². The molecule has 1 aliphatic heterocycles. The van der Waals surface area contributed by atoms with E-state index in [4.69, 9.17) is 16.3 Å². The average molecular weight is 458 g/mol. The minimum Gasteiger partial charge on any atom is -0.383 e. The van der Waals surface area contributed by atoms with Gasteiger partial charge in [-0.15, -0.1) is 0 Å². The Hall–Kier alpha value is -2.35. The molecule has 1 amide bonds. The van der Waals surface area contributed by atoms with Gasteiger partial charge in [-0.25, -0.2) is 4.98 Å². The van der Waals surface area contributed by atoms with E-state index in [1.165, 1.54) is 17.3 Å². The number of ether oxygens (including phenoxy) is 1. The molecule has 162 valence electrons. The highest BCUT2D eigenvalue weighted by Gasteiger charge is 2.28. The first-order valence-electron chi connectivity index (χ1n) is 10.2. The summed E-state index contributed by atoms with van der Waals surface area (Å²) in [6.07, 6.45) is 1.91. The molecule has 1 atom stereocenters. The van der Waals surface area contributed by atoms with Crippen LogP contribution in [0.15, 0.2) is 52.4 Å². The first-order valence-corrected chi connectivity index (χ1v) is 11.5. The maximum Gasteiger partial charge on any atom is 0.262 e. The molecule has 0 radical (unpaired) electrons. The van der Waals surface area contributed by atoms with E-state index in [0.717, 1.165) is 18.5 Å². The Kier molecular flexibility index (Phi) is 6.65. The number of rotatable bonds is 6. The fraction of sp³-hybridized carbons (Fsp3) is 0.348. The normalized spacial score (nSPS) is 14.5. The Bertz CT molecular complexity index is 1180. The molecule has 0 N–H and O–H groups in total. The van der Waals surface area contributed by atoms with Gasteiger partial charge in [-0.05, 0) is 49.6 Å². The highest BCUT2D eigenvalue weighted by Crippen LogP contribution is 2.31. The third-order valence-electron chi connectivity index (χ3n) is 5.41. The molecule has 4 rings (SSSR count). The lowest BCUT2D eigenvalue weighted by Gasteiger charge is -2.31. The average Bonchev–Trinajstić information content (AvgIpc) is 2.77. The number of anilines is 1. The van der Waals surface area contributed by atoms with Crippen molar-refractivity contribution < 1.29 is 9.53 Å². The van der Waals surface area contributed by atoms with Gasteiger partial charge in [0.25, 0.3) is 5.56 Å². The number of fused-ring (bicyclic) bond motifs is 2. The van der Waals surface area contributed by atoms with Gasteiger partial charge < -0.3 is 9.64 Å². The van der Waals surface area contributed by atoms with Crippen LogP contribution in [-0.4, -0.2) is 41.0 Å². The molecule has 1 aromatic heterocycles. The molecule has 31 heavy (non-hydrogen) atoms. The number of carbonyl (C=O) groups is 1. The molecule has 2 heterocycles. The largest absolute Gasteiger partial charge is 0.383 e. The Morgan fingerprint density at radius 1 is 1.29 bits per heavy atom. The number of hydrogen-bond acceptors (Lipinski definition) is 5. The molecule has 6 nitrogen and oxygen atoms in total.